The fraction of sp³-hybridized carbons (Fsp3) is 0.222. The molecular weight excluding hydrogens is 436 g/mol. The zero-order valence-electron chi connectivity index (χ0n) is 13.7. The van der Waals surface area contributed by atoms with Gasteiger partial charge in [-0.15, -0.1) is 0 Å². The van der Waals surface area contributed by atoms with Crippen LogP contribution in [0.5, 0.6) is 5.75 Å². The van der Waals surface area contributed by atoms with Crippen LogP contribution in [-0.2, 0) is 11.2 Å². The molecule has 0 fully saturated rings. The third kappa shape index (κ3) is 4.92. The number of amides is 1. The molecule has 0 aliphatic heterocycles. The van der Waals surface area contributed by atoms with Crippen molar-refractivity contribution in [3.63, 3.8) is 0 Å². The first-order valence-electron chi connectivity index (χ1n) is 7.31. The molecule has 4 nitrogen and oxygen atoms in total. The van der Waals surface area contributed by atoms with Gasteiger partial charge in [0, 0.05) is 0 Å². The predicted molar refractivity (Wildman–Crippen MR) is 104 cm³/mol. The Morgan fingerprint density at radius 2 is 1.88 bits per heavy atom. The number of hydrogen-bond donors (Lipinski definition) is 1. The summed E-state index contributed by atoms with van der Waals surface area (Å²) in [6.07, 6.45) is 1.90. The smallest absolute Gasteiger partial charge is 0.244 e. The number of aryl methyl sites for hydroxylation is 2. The lowest BCUT2D eigenvalue weighted by Gasteiger charge is -2.07. The average Bonchev–Trinajstić information content (AvgIpc) is 2.50. The van der Waals surface area contributed by atoms with Gasteiger partial charge >= 0.3 is 0 Å². The second kappa shape index (κ2) is 8.44. The summed E-state index contributed by atoms with van der Waals surface area (Å²) in [6.45, 7) is 4.04. The van der Waals surface area contributed by atoms with Crippen LogP contribution in [0.15, 0.2) is 44.4 Å². The predicted octanol–water partition coefficient (Wildman–Crippen LogP) is 4.53. The summed E-state index contributed by atoms with van der Waals surface area (Å²) in [5.41, 5.74) is 6.69. The number of halogens is 2. The molecule has 0 aliphatic rings. The second-order valence-corrected chi connectivity index (χ2v) is 7.13. The van der Waals surface area contributed by atoms with Crippen molar-refractivity contribution in [3.05, 3.63) is 61.5 Å². The van der Waals surface area contributed by atoms with Gasteiger partial charge in [0.2, 0.25) is 5.91 Å². The molecule has 0 aromatic heterocycles. The highest BCUT2D eigenvalue weighted by Crippen LogP contribution is 2.33. The van der Waals surface area contributed by atoms with E-state index < -0.39 is 0 Å². The van der Waals surface area contributed by atoms with E-state index in [0.29, 0.717) is 12.2 Å². The molecule has 2 aromatic carbocycles. The number of hydrazone groups is 1. The Morgan fingerprint density at radius 3 is 2.46 bits per heavy atom. The molecule has 1 N–H and O–H groups in total. The van der Waals surface area contributed by atoms with Crippen molar-refractivity contribution in [2.75, 3.05) is 7.11 Å². The van der Waals surface area contributed by atoms with E-state index >= 15 is 0 Å². The van der Waals surface area contributed by atoms with Gasteiger partial charge < -0.3 is 4.74 Å². The minimum absolute atomic E-state index is 0.148. The lowest BCUT2D eigenvalue weighted by Crippen LogP contribution is -2.20. The Kier molecular flexibility index (Phi) is 6.57. The molecule has 0 heterocycles. The van der Waals surface area contributed by atoms with Gasteiger partial charge in [0.15, 0.2) is 0 Å². The van der Waals surface area contributed by atoms with Gasteiger partial charge in [0.05, 0.1) is 28.7 Å². The van der Waals surface area contributed by atoms with E-state index in [-0.39, 0.29) is 5.91 Å². The third-order valence-corrected chi connectivity index (χ3v) is 4.65. The number of carbonyl (C=O) groups excluding carboxylic acids is 1. The van der Waals surface area contributed by atoms with Crippen LogP contribution < -0.4 is 10.2 Å². The van der Waals surface area contributed by atoms with Crippen LogP contribution in [0.25, 0.3) is 0 Å². The molecule has 0 aliphatic carbocycles. The Morgan fingerprint density at radius 1 is 1.21 bits per heavy atom. The zero-order valence-corrected chi connectivity index (χ0v) is 16.9. The second-order valence-electron chi connectivity index (χ2n) is 5.42. The average molecular weight is 454 g/mol. The van der Waals surface area contributed by atoms with E-state index in [9.17, 15) is 4.79 Å². The summed E-state index contributed by atoms with van der Waals surface area (Å²) in [6, 6.07) is 9.78. The number of nitrogens with one attached hydrogen (secondary N) is 1. The summed E-state index contributed by atoms with van der Waals surface area (Å²) < 4.78 is 6.87. The highest BCUT2D eigenvalue weighted by molar-refractivity contribution is 9.11. The maximum Gasteiger partial charge on any atom is 0.244 e. The van der Waals surface area contributed by atoms with Crippen LogP contribution >= 0.6 is 31.9 Å². The van der Waals surface area contributed by atoms with Crippen molar-refractivity contribution in [2.45, 2.75) is 20.3 Å². The van der Waals surface area contributed by atoms with E-state index in [4.69, 9.17) is 4.74 Å². The molecule has 2 rings (SSSR count). The quantitative estimate of drug-likeness (QED) is 0.534. The van der Waals surface area contributed by atoms with Gasteiger partial charge in [-0.2, -0.15) is 5.10 Å². The fourth-order valence-electron chi connectivity index (χ4n) is 2.28. The molecule has 0 spiro atoms. The summed E-state index contributed by atoms with van der Waals surface area (Å²) in [7, 11) is 1.60. The minimum atomic E-state index is -0.148. The maximum absolute atomic E-state index is 12.0. The monoisotopic (exact) mass is 452 g/mol. The van der Waals surface area contributed by atoms with Crippen molar-refractivity contribution in [3.8, 4) is 5.75 Å². The number of ether oxygens (including phenoxy) is 1. The molecule has 2 aromatic rings. The number of carbonyl (C=O) groups is 1. The first-order valence-corrected chi connectivity index (χ1v) is 8.90. The maximum atomic E-state index is 12.0. The van der Waals surface area contributed by atoms with E-state index in [1.54, 1.807) is 13.3 Å². The van der Waals surface area contributed by atoms with Crippen molar-refractivity contribution in [2.24, 2.45) is 5.10 Å². The molecule has 1 amide bonds. The van der Waals surface area contributed by atoms with Crippen LogP contribution in [-0.4, -0.2) is 19.2 Å². The first-order chi connectivity index (χ1) is 11.4. The largest absolute Gasteiger partial charge is 0.494 e. The molecule has 0 unspecified atom stereocenters. The molecule has 0 saturated heterocycles. The number of methoxy groups -OCH3 is 1. The summed E-state index contributed by atoms with van der Waals surface area (Å²) in [5.74, 6) is 0.566. The van der Waals surface area contributed by atoms with E-state index in [1.165, 1.54) is 5.56 Å². The van der Waals surface area contributed by atoms with E-state index in [2.05, 4.69) is 48.5 Å². The lowest BCUT2D eigenvalue weighted by atomic mass is 10.0. The lowest BCUT2D eigenvalue weighted by molar-refractivity contribution is -0.120. The fourth-order valence-corrected chi connectivity index (χ4v) is 3.83. The van der Waals surface area contributed by atoms with Gasteiger partial charge in [-0.3, -0.25) is 4.79 Å². The zero-order chi connectivity index (χ0) is 17.7. The Hall–Kier alpha value is -1.66. The van der Waals surface area contributed by atoms with Crippen molar-refractivity contribution in [1.82, 2.24) is 5.43 Å². The molecule has 0 saturated carbocycles. The van der Waals surface area contributed by atoms with Crippen molar-refractivity contribution in [1.29, 1.82) is 0 Å². The van der Waals surface area contributed by atoms with Crippen molar-refractivity contribution >= 4 is 44.0 Å². The number of hydrogen-bond acceptors (Lipinski definition) is 3. The first kappa shape index (κ1) is 18.7. The molecule has 126 valence electrons. The summed E-state index contributed by atoms with van der Waals surface area (Å²) in [4.78, 5) is 12.0. The van der Waals surface area contributed by atoms with Gasteiger partial charge in [-0.1, -0.05) is 23.8 Å². The van der Waals surface area contributed by atoms with E-state index in [1.807, 2.05) is 38.1 Å². The van der Waals surface area contributed by atoms with Crippen molar-refractivity contribution < 1.29 is 9.53 Å². The number of rotatable bonds is 5. The van der Waals surface area contributed by atoms with Gasteiger partial charge in [0.1, 0.15) is 5.75 Å². The molecule has 24 heavy (non-hydrogen) atoms. The standard InChI is InChI=1S/C18H18Br2N2O2/c1-11-4-5-14(12(2)6-11)9-17(23)22-21-10-13-7-15(19)18(24-3)16(20)8-13/h4-8,10H,9H2,1-3H3,(H,22,23)/b21-10-. The molecule has 0 bridgehead atoms. The molecular formula is C18H18Br2N2O2. The Labute approximate surface area is 158 Å². The van der Waals surface area contributed by atoms with Gasteiger partial charge in [0.25, 0.3) is 0 Å². The summed E-state index contributed by atoms with van der Waals surface area (Å²) in [5, 5.41) is 4.02. The van der Waals surface area contributed by atoms with Gasteiger partial charge in [-0.25, -0.2) is 5.43 Å². The van der Waals surface area contributed by atoms with Crippen LogP contribution in [0.2, 0.25) is 0 Å². The topological polar surface area (TPSA) is 50.7 Å². The highest BCUT2D eigenvalue weighted by Gasteiger charge is 2.07. The Balaban J connectivity index is 2.00. The van der Waals surface area contributed by atoms with Crippen LogP contribution in [0, 0.1) is 13.8 Å². The van der Waals surface area contributed by atoms with Crippen LogP contribution in [0.4, 0.5) is 0 Å². The number of nitrogens with zero attached hydrogens (tertiary/aromatic N) is 1. The number of benzene rings is 2. The molecule has 6 heteroatoms. The third-order valence-electron chi connectivity index (χ3n) is 3.48. The van der Waals surface area contributed by atoms with Gasteiger partial charge in [-0.05, 0) is 74.5 Å². The molecule has 0 atom stereocenters. The van der Waals surface area contributed by atoms with Crippen LogP contribution in [0.3, 0.4) is 0 Å². The normalized spacial score (nSPS) is 10.9. The highest BCUT2D eigenvalue weighted by atomic mass is 79.9. The SMILES string of the molecule is COc1c(Br)cc(/C=N\NC(=O)Cc2ccc(C)cc2C)cc1Br. The van der Waals surface area contributed by atoms with Crippen LogP contribution in [0.1, 0.15) is 22.3 Å². The minimum Gasteiger partial charge on any atom is -0.494 e. The summed E-state index contributed by atoms with van der Waals surface area (Å²) >= 11 is 6.87. The van der Waals surface area contributed by atoms with E-state index in [0.717, 1.165) is 25.6 Å². The Bertz CT molecular complexity index is 766. The molecule has 0 radical (unpaired) electrons.